The lowest BCUT2D eigenvalue weighted by Gasteiger charge is -2.32. The minimum Gasteiger partial charge on any atom is -0.493 e. The number of piperidine rings is 1. The van der Waals surface area contributed by atoms with E-state index in [2.05, 4.69) is 15.3 Å². The van der Waals surface area contributed by atoms with Crippen molar-refractivity contribution >= 4 is 28.4 Å². The lowest BCUT2D eigenvalue weighted by Crippen LogP contribution is -2.43. The summed E-state index contributed by atoms with van der Waals surface area (Å²) in [6.07, 6.45) is 1.55. The number of amides is 1. The number of H-pyrrole nitrogens is 1. The van der Waals surface area contributed by atoms with Crippen LogP contribution in [0.5, 0.6) is 11.5 Å². The van der Waals surface area contributed by atoms with Crippen molar-refractivity contribution in [3.8, 4) is 11.5 Å². The van der Waals surface area contributed by atoms with Gasteiger partial charge in [-0.05, 0) is 37.1 Å². The van der Waals surface area contributed by atoms with Crippen LogP contribution in [0.1, 0.15) is 12.8 Å². The number of nitrogens with one attached hydrogen (secondary N) is 2. The van der Waals surface area contributed by atoms with Crippen molar-refractivity contribution in [1.82, 2.24) is 9.97 Å². The summed E-state index contributed by atoms with van der Waals surface area (Å²) in [5.41, 5.74) is 1.82. The second-order valence-electron chi connectivity index (χ2n) is 7.25. The highest BCUT2D eigenvalue weighted by molar-refractivity contribution is 5.93. The fourth-order valence-corrected chi connectivity index (χ4v) is 3.78. The highest BCUT2D eigenvalue weighted by Gasteiger charge is 2.28. The Balaban J connectivity index is 1.51. The van der Waals surface area contributed by atoms with Gasteiger partial charge in [-0.25, -0.2) is 4.98 Å². The number of ether oxygens (including phenoxy) is 2. The van der Waals surface area contributed by atoms with E-state index in [0.717, 1.165) is 18.4 Å². The van der Waals surface area contributed by atoms with Crippen molar-refractivity contribution in [3.05, 3.63) is 52.8 Å². The Morgan fingerprint density at radius 1 is 1.17 bits per heavy atom. The lowest BCUT2D eigenvalue weighted by atomic mass is 9.97. The van der Waals surface area contributed by atoms with Crippen LogP contribution in [0.3, 0.4) is 0 Å². The molecule has 1 fully saturated rings. The van der Waals surface area contributed by atoms with E-state index in [9.17, 15) is 9.59 Å². The Bertz CT molecular complexity index is 1130. The van der Waals surface area contributed by atoms with E-state index >= 15 is 0 Å². The Hall–Kier alpha value is -3.55. The van der Waals surface area contributed by atoms with E-state index in [1.807, 2.05) is 29.2 Å². The van der Waals surface area contributed by atoms with E-state index < -0.39 is 0 Å². The fraction of sp³-hybridized carbons (Fsp3) is 0.318. The molecule has 0 saturated carbocycles. The number of hydrogen-bond donors (Lipinski definition) is 2. The van der Waals surface area contributed by atoms with Crippen LogP contribution in [-0.4, -0.2) is 43.2 Å². The minimum atomic E-state index is -0.250. The molecule has 0 bridgehead atoms. The molecule has 2 N–H and O–H groups in total. The van der Waals surface area contributed by atoms with Gasteiger partial charge in [0.1, 0.15) is 0 Å². The summed E-state index contributed by atoms with van der Waals surface area (Å²) in [6.45, 7) is 1.13. The monoisotopic (exact) mass is 408 g/mol. The van der Waals surface area contributed by atoms with E-state index in [-0.39, 0.29) is 17.4 Å². The number of carbonyl (C=O) groups excluding carboxylic acids is 1. The summed E-state index contributed by atoms with van der Waals surface area (Å²) in [6, 6.07) is 12.7. The fourth-order valence-electron chi connectivity index (χ4n) is 3.78. The number of rotatable bonds is 5. The quantitative estimate of drug-likeness (QED) is 0.674. The second kappa shape index (κ2) is 8.44. The first-order chi connectivity index (χ1) is 14.6. The number of anilines is 2. The molecular weight excluding hydrogens is 384 g/mol. The van der Waals surface area contributed by atoms with Crippen LogP contribution in [0, 0.1) is 5.92 Å². The molecule has 1 aromatic heterocycles. The molecule has 2 heterocycles. The zero-order valence-electron chi connectivity index (χ0n) is 17.0. The van der Waals surface area contributed by atoms with Crippen molar-refractivity contribution < 1.29 is 14.3 Å². The van der Waals surface area contributed by atoms with Crippen LogP contribution < -0.4 is 25.2 Å². The third kappa shape index (κ3) is 3.94. The molecule has 0 spiro atoms. The summed E-state index contributed by atoms with van der Waals surface area (Å²) in [5.74, 6) is 1.16. The van der Waals surface area contributed by atoms with Gasteiger partial charge in [0.2, 0.25) is 5.91 Å². The average molecular weight is 408 g/mol. The van der Waals surface area contributed by atoms with Crippen LogP contribution in [0.25, 0.3) is 11.0 Å². The summed E-state index contributed by atoms with van der Waals surface area (Å²) in [4.78, 5) is 34.7. The second-order valence-corrected chi connectivity index (χ2v) is 7.25. The smallest absolute Gasteiger partial charge is 0.291 e. The van der Waals surface area contributed by atoms with Gasteiger partial charge in [-0.2, -0.15) is 0 Å². The van der Waals surface area contributed by atoms with Crippen molar-refractivity contribution in [2.75, 3.05) is 37.5 Å². The van der Waals surface area contributed by atoms with Gasteiger partial charge >= 0.3 is 0 Å². The van der Waals surface area contributed by atoms with Crippen molar-refractivity contribution in [2.24, 2.45) is 5.92 Å². The number of methoxy groups -OCH3 is 2. The molecule has 30 heavy (non-hydrogen) atoms. The standard InChI is InChI=1S/C22H24N4O4/c1-29-18-10-9-15(12-19(18)30-2)23-21(27)14-6-5-11-26(13-14)20-22(28)25-17-8-4-3-7-16(17)24-20/h3-4,7-10,12,14H,5-6,11,13H2,1-2H3,(H,23,27)(H,25,28). The predicted molar refractivity (Wildman–Crippen MR) is 115 cm³/mol. The topological polar surface area (TPSA) is 96.5 Å². The van der Waals surface area contributed by atoms with Gasteiger partial charge in [0.25, 0.3) is 5.56 Å². The normalized spacial score (nSPS) is 16.3. The maximum absolute atomic E-state index is 12.9. The van der Waals surface area contributed by atoms with Gasteiger partial charge in [0.05, 0.1) is 31.2 Å². The molecule has 2 aromatic carbocycles. The molecule has 3 aromatic rings. The number of hydrogen-bond acceptors (Lipinski definition) is 6. The maximum Gasteiger partial charge on any atom is 0.291 e. The molecule has 1 unspecified atom stereocenters. The average Bonchev–Trinajstić information content (AvgIpc) is 2.78. The molecular formula is C22H24N4O4. The summed E-state index contributed by atoms with van der Waals surface area (Å²) in [7, 11) is 3.12. The zero-order valence-corrected chi connectivity index (χ0v) is 17.0. The molecule has 1 aliphatic heterocycles. The largest absolute Gasteiger partial charge is 0.493 e. The van der Waals surface area contributed by atoms with Crippen LogP contribution in [0.4, 0.5) is 11.5 Å². The van der Waals surface area contributed by atoms with E-state index in [0.29, 0.717) is 41.6 Å². The molecule has 1 saturated heterocycles. The number of carbonyl (C=O) groups is 1. The molecule has 8 nitrogen and oxygen atoms in total. The SMILES string of the molecule is COc1ccc(NC(=O)C2CCCN(c3nc4ccccc4[nH]c3=O)C2)cc1OC. The zero-order chi connectivity index (χ0) is 21.1. The number of benzene rings is 2. The van der Waals surface area contributed by atoms with Gasteiger partial charge in [-0.1, -0.05) is 12.1 Å². The van der Waals surface area contributed by atoms with Crippen LogP contribution in [-0.2, 0) is 4.79 Å². The first kappa shape index (κ1) is 19.8. The van der Waals surface area contributed by atoms with Crippen LogP contribution in [0.2, 0.25) is 0 Å². The first-order valence-electron chi connectivity index (χ1n) is 9.86. The summed E-state index contributed by atoms with van der Waals surface area (Å²) >= 11 is 0. The Kier molecular flexibility index (Phi) is 5.56. The number of fused-ring (bicyclic) bond motifs is 1. The van der Waals surface area contributed by atoms with E-state index in [1.54, 1.807) is 32.4 Å². The van der Waals surface area contributed by atoms with Crippen LogP contribution >= 0.6 is 0 Å². The maximum atomic E-state index is 12.9. The third-order valence-corrected chi connectivity index (χ3v) is 5.32. The highest BCUT2D eigenvalue weighted by atomic mass is 16.5. The van der Waals surface area contributed by atoms with E-state index in [4.69, 9.17) is 9.47 Å². The molecule has 156 valence electrons. The van der Waals surface area contributed by atoms with Gasteiger partial charge in [-0.15, -0.1) is 0 Å². The van der Waals surface area contributed by atoms with E-state index in [1.165, 1.54) is 0 Å². The molecule has 8 heteroatoms. The minimum absolute atomic E-state index is 0.0934. The van der Waals surface area contributed by atoms with Gasteiger partial charge < -0.3 is 24.7 Å². The van der Waals surface area contributed by atoms with Gasteiger partial charge in [0, 0.05) is 24.8 Å². The number of para-hydroxylation sites is 2. The van der Waals surface area contributed by atoms with Gasteiger partial charge in [-0.3, -0.25) is 9.59 Å². The first-order valence-corrected chi connectivity index (χ1v) is 9.86. The van der Waals surface area contributed by atoms with Crippen molar-refractivity contribution in [1.29, 1.82) is 0 Å². The molecule has 4 rings (SSSR count). The molecule has 1 atom stereocenters. The molecule has 0 aliphatic carbocycles. The Morgan fingerprint density at radius 2 is 1.97 bits per heavy atom. The summed E-state index contributed by atoms with van der Waals surface area (Å²) in [5, 5.41) is 2.95. The Labute approximate surface area is 173 Å². The lowest BCUT2D eigenvalue weighted by molar-refractivity contribution is -0.120. The predicted octanol–water partition coefficient (Wildman–Crippen LogP) is 2.80. The van der Waals surface area contributed by atoms with Gasteiger partial charge in [0.15, 0.2) is 17.3 Å². The van der Waals surface area contributed by atoms with Crippen LogP contribution in [0.15, 0.2) is 47.3 Å². The Morgan fingerprint density at radius 3 is 2.77 bits per heavy atom. The molecule has 0 radical (unpaired) electrons. The number of aromatic amines is 1. The highest BCUT2D eigenvalue weighted by Crippen LogP contribution is 2.30. The van der Waals surface area contributed by atoms with Crippen molar-refractivity contribution in [3.63, 3.8) is 0 Å². The molecule has 1 amide bonds. The molecule has 1 aliphatic rings. The van der Waals surface area contributed by atoms with Crippen molar-refractivity contribution in [2.45, 2.75) is 12.8 Å². The number of nitrogens with zero attached hydrogens (tertiary/aromatic N) is 2. The number of aromatic nitrogens is 2. The third-order valence-electron chi connectivity index (χ3n) is 5.32. The summed E-state index contributed by atoms with van der Waals surface area (Å²) < 4.78 is 10.5.